The summed E-state index contributed by atoms with van der Waals surface area (Å²) in [7, 11) is 0. The van der Waals surface area contributed by atoms with Crippen molar-refractivity contribution in [2.24, 2.45) is 5.73 Å². The van der Waals surface area contributed by atoms with Crippen LogP contribution in [0.25, 0.3) is 0 Å². The van der Waals surface area contributed by atoms with Crippen molar-refractivity contribution in [2.75, 3.05) is 5.32 Å². The zero-order valence-electron chi connectivity index (χ0n) is 8.12. The molecule has 5 heteroatoms. The van der Waals surface area contributed by atoms with Crippen LogP contribution in [-0.2, 0) is 4.79 Å². The number of carbonyl (C=O) groups excluding carboxylic acids is 1. The van der Waals surface area contributed by atoms with Crippen molar-refractivity contribution in [3.63, 3.8) is 0 Å². The number of nitriles is 1. The number of hydrogen-bond donors (Lipinski definition) is 2. The number of nitrogens with two attached hydrogens (primary N) is 1. The molecule has 0 aliphatic rings. The van der Waals surface area contributed by atoms with Gasteiger partial charge in [-0.15, -0.1) is 0 Å². The van der Waals surface area contributed by atoms with Crippen LogP contribution in [0.5, 0.6) is 0 Å². The van der Waals surface area contributed by atoms with E-state index in [9.17, 15) is 4.79 Å². The first-order valence-electron chi connectivity index (χ1n) is 4.30. The lowest BCUT2D eigenvalue weighted by Gasteiger charge is -2.09. The van der Waals surface area contributed by atoms with Gasteiger partial charge < -0.3 is 11.1 Å². The predicted octanol–water partition coefficient (Wildman–Crippen LogP) is 1.61. The molecule has 0 radical (unpaired) electrons. The molecule has 1 aromatic carbocycles. The first-order valence-corrected chi connectivity index (χ1v) is 5.10. The lowest BCUT2D eigenvalue weighted by atomic mass is 10.2. The maximum atomic E-state index is 11.3. The Hall–Kier alpha value is -1.38. The second kappa shape index (κ2) is 4.91. The number of carbonyl (C=O) groups is 1. The van der Waals surface area contributed by atoms with Crippen LogP contribution >= 0.6 is 15.9 Å². The minimum absolute atomic E-state index is 0.315. The van der Waals surface area contributed by atoms with Gasteiger partial charge in [0.15, 0.2) is 0 Å². The zero-order chi connectivity index (χ0) is 11.4. The molecule has 0 aromatic heterocycles. The fourth-order valence-corrected chi connectivity index (χ4v) is 1.33. The van der Waals surface area contributed by atoms with Gasteiger partial charge in [0, 0.05) is 4.47 Å². The molecule has 78 valence electrons. The quantitative estimate of drug-likeness (QED) is 0.855. The molecule has 0 spiro atoms. The van der Waals surface area contributed by atoms with Crippen LogP contribution in [0, 0.1) is 11.3 Å². The monoisotopic (exact) mass is 267 g/mol. The third-order valence-electron chi connectivity index (χ3n) is 1.77. The van der Waals surface area contributed by atoms with Crippen LogP contribution in [0.3, 0.4) is 0 Å². The highest BCUT2D eigenvalue weighted by molar-refractivity contribution is 9.10. The Morgan fingerprint density at radius 2 is 2.33 bits per heavy atom. The minimum atomic E-state index is -0.601. The molecule has 0 heterocycles. The van der Waals surface area contributed by atoms with Crippen LogP contribution in [0.1, 0.15) is 12.5 Å². The van der Waals surface area contributed by atoms with Crippen LogP contribution in [-0.4, -0.2) is 11.9 Å². The molecular formula is C10H10BrN3O. The normalized spacial score (nSPS) is 11.6. The Morgan fingerprint density at radius 1 is 1.67 bits per heavy atom. The van der Waals surface area contributed by atoms with E-state index in [1.807, 2.05) is 6.07 Å². The van der Waals surface area contributed by atoms with E-state index in [4.69, 9.17) is 11.0 Å². The van der Waals surface area contributed by atoms with E-state index >= 15 is 0 Å². The number of anilines is 1. The molecule has 1 rings (SSSR count). The van der Waals surface area contributed by atoms with Gasteiger partial charge in [0.2, 0.25) is 5.91 Å². The molecule has 1 aromatic rings. The summed E-state index contributed by atoms with van der Waals surface area (Å²) in [6.45, 7) is 1.58. The largest absolute Gasteiger partial charge is 0.324 e. The topological polar surface area (TPSA) is 78.9 Å². The fourth-order valence-electron chi connectivity index (χ4n) is 0.964. The van der Waals surface area contributed by atoms with Crippen molar-refractivity contribution in [3.05, 3.63) is 28.2 Å². The summed E-state index contributed by atoms with van der Waals surface area (Å²) in [4.78, 5) is 11.3. The van der Waals surface area contributed by atoms with Crippen molar-refractivity contribution in [1.29, 1.82) is 5.26 Å². The number of hydrogen-bond acceptors (Lipinski definition) is 3. The lowest BCUT2D eigenvalue weighted by molar-refractivity contribution is -0.117. The maximum absolute atomic E-state index is 11.3. The predicted molar refractivity (Wildman–Crippen MR) is 61.1 cm³/mol. The van der Waals surface area contributed by atoms with Gasteiger partial charge in [-0.3, -0.25) is 4.79 Å². The maximum Gasteiger partial charge on any atom is 0.241 e. The number of benzene rings is 1. The van der Waals surface area contributed by atoms with Gasteiger partial charge in [-0.2, -0.15) is 5.26 Å². The molecule has 0 saturated carbocycles. The van der Waals surface area contributed by atoms with E-state index in [2.05, 4.69) is 21.2 Å². The lowest BCUT2D eigenvalue weighted by Crippen LogP contribution is -2.32. The summed E-state index contributed by atoms with van der Waals surface area (Å²) < 4.78 is 0.793. The highest BCUT2D eigenvalue weighted by atomic mass is 79.9. The highest BCUT2D eigenvalue weighted by Crippen LogP contribution is 2.20. The molecule has 0 aliphatic heterocycles. The van der Waals surface area contributed by atoms with E-state index < -0.39 is 6.04 Å². The van der Waals surface area contributed by atoms with Gasteiger partial charge in [0.05, 0.1) is 17.3 Å². The SMILES string of the molecule is CC(N)C(=O)Nc1cc(Br)ccc1C#N. The summed E-state index contributed by atoms with van der Waals surface area (Å²) in [6, 6.07) is 6.42. The fraction of sp³-hybridized carbons (Fsp3) is 0.200. The molecule has 15 heavy (non-hydrogen) atoms. The number of halogens is 1. The summed E-state index contributed by atoms with van der Waals surface area (Å²) >= 11 is 3.26. The van der Waals surface area contributed by atoms with Gasteiger partial charge >= 0.3 is 0 Å². The van der Waals surface area contributed by atoms with E-state index in [1.165, 1.54) is 0 Å². The molecule has 0 aliphatic carbocycles. The molecule has 3 N–H and O–H groups in total. The average molecular weight is 268 g/mol. The van der Waals surface area contributed by atoms with E-state index in [-0.39, 0.29) is 5.91 Å². The molecule has 0 saturated heterocycles. The Labute approximate surface area is 96.2 Å². The first kappa shape index (κ1) is 11.7. The van der Waals surface area contributed by atoms with Gasteiger partial charge in [0.1, 0.15) is 6.07 Å². The third kappa shape index (κ3) is 3.05. The number of amides is 1. The molecular weight excluding hydrogens is 258 g/mol. The molecule has 1 atom stereocenters. The smallest absolute Gasteiger partial charge is 0.241 e. The molecule has 4 nitrogen and oxygen atoms in total. The van der Waals surface area contributed by atoms with Gasteiger partial charge in [-0.25, -0.2) is 0 Å². The van der Waals surface area contributed by atoms with Crippen molar-refractivity contribution >= 4 is 27.5 Å². The van der Waals surface area contributed by atoms with E-state index in [1.54, 1.807) is 25.1 Å². The Bertz CT molecular complexity index is 423. The Balaban J connectivity index is 2.98. The van der Waals surface area contributed by atoms with Crippen LogP contribution in [0.2, 0.25) is 0 Å². The minimum Gasteiger partial charge on any atom is -0.324 e. The summed E-state index contributed by atoms with van der Waals surface area (Å²) in [5.74, 6) is -0.315. The van der Waals surface area contributed by atoms with Crippen LogP contribution in [0.15, 0.2) is 22.7 Å². The standard InChI is InChI=1S/C10H10BrN3O/c1-6(13)10(15)14-9-4-8(11)3-2-7(9)5-12/h2-4,6H,13H2,1H3,(H,14,15). The summed E-state index contributed by atoms with van der Waals surface area (Å²) in [5.41, 5.74) is 6.28. The second-order valence-corrected chi connectivity index (χ2v) is 4.00. The van der Waals surface area contributed by atoms with E-state index in [0.29, 0.717) is 11.3 Å². The van der Waals surface area contributed by atoms with Crippen molar-refractivity contribution < 1.29 is 4.79 Å². The van der Waals surface area contributed by atoms with Crippen molar-refractivity contribution in [2.45, 2.75) is 13.0 Å². The average Bonchev–Trinajstić information content (AvgIpc) is 2.18. The van der Waals surface area contributed by atoms with Crippen LogP contribution < -0.4 is 11.1 Å². The van der Waals surface area contributed by atoms with Crippen molar-refractivity contribution in [3.8, 4) is 6.07 Å². The molecule has 1 unspecified atom stereocenters. The number of rotatable bonds is 2. The zero-order valence-corrected chi connectivity index (χ0v) is 9.71. The third-order valence-corrected chi connectivity index (χ3v) is 2.27. The van der Waals surface area contributed by atoms with Crippen LogP contribution in [0.4, 0.5) is 5.69 Å². The number of nitrogens with zero attached hydrogens (tertiary/aromatic N) is 1. The van der Waals surface area contributed by atoms with Crippen molar-refractivity contribution in [1.82, 2.24) is 0 Å². The number of nitrogens with one attached hydrogen (secondary N) is 1. The molecule has 0 fully saturated rings. The summed E-state index contributed by atoms with van der Waals surface area (Å²) in [5, 5.41) is 11.4. The van der Waals surface area contributed by atoms with Gasteiger partial charge in [-0.05, 0) is 25.1 Å². The summed E-state index contributed by atoms with van der Waals surface area (Å²) in [6.07, 6.45) is 0. The van der Waals surface area contributed by atoms with Gasteiger partial charge in [0.25, 0.3) is 0 Å². The van der Waals surface area contributed by atoms with E-state index in [0.717, 1.165) is 4.47 Å². The first-order chi connectivity index (χ1) is 7.04. The Morgan fingerprint density at radius 3 is 2.87 bits per heavy atom. The highest BCUT2D eigenvalue weighted by Gasteiger charge is 2.10. The Kier molecular flexibility index (Phi) is 3.83. The van der Waals surface area contributed by atoms with Gasteiger partial charge in [-0.1, -0.05) is 15.9 Å². The molecule has 0 bridgehead atoms. The second-order valence-electron chi connectivity index (χ2n) is 3.08. The molecule has 1 amide bonds.